The van der Waals surface area contributed by atoms with Gasteiger partial charge in [0.2, 0.25) is 5.91 Å². The van der Waals surface area contributed by atoms with Crippen LogP contribution in [0.25, 0.3) is 10.9 Å². The van der Waals surface area contributed by atoms with Crippen LogP contribution in [-0.4, -0.2) is 24.7 Å². The zero-order valence-corrected chi connectivity index (χ0v) is 14.1. The Bertz CT molecular complexity index is 889. The minimum absolute atomic E-state index is 0.170. The number of fused-ring (bicyclic) bond motifs is 1. The number of aromatic nitrogens is 1. The van der Waals surface area contributed by atoms with Gasteiger partial charge in [-0.2, -0.15) is 0 Å². The molecule has 2 aromatic carbocycles. The van der Waals surface area contributed by atoms with E-state index in [4.69, 9.17) is 21.1 Å². The van der Waals surface area contributed by atoms with Crippen molar-refractivity contribution in [1.82, 2.24) is 4.57 Å². The monoisotopic (exact) mass is 344 g/mol. The summed E-state index contributed by atoms with van der Waals surface area (Å²) < 4.78 is 12.3. The molecule has 0 bridgehead atoms. The molecular weight excluding hydrogens is 328 g/mol. The first kappa shape index (κ1) is 16.2. The zero-order valence-electron chi connectivity index (χ0n) is 13.4. The van der Waals surface area contributed by atoms with Gasteiger partial charge in [-0.1, -0.05) is 29.8 Å². The van der Waals surface area contributed by atoms with E-state index >= 15 is 0 Å². The van der Waals surface area contributed by atoms with E-state index in [9.17, 15) is 4.79 Å². The molecule has 0 aliphatic rings. The summed E-state index contributed by atoms with van der Waals surface area (Å²) in [5.41, 5.74) is 1.51. The van der Waals surface area contributed by atoms with Crippen molar-refractivity contribution >= 4 is 34.1 Å². The van der Waals surface area contributed by atoms with Crippen LogP contribution >= 0.6 is 11.6 Å². The molecule has 3 rings (SSSR count). The van der Waals surface area contributed by atoms with Gasteiger partial charge in [0.25, 0.3) is 0 Å². The molecule has 124 valence electrons. The molecule has 24 heavy (non-hydrogen) atoms. The molecule has 5 nitrogen and oxygen atoms in total. The van der Waals surface area contributed by atoms with Crippen LogP contribution in [0.3, 0.4) is 0 Å². The number of nitrogens with one attached hydrogen (secondary N) is 1. The molecule has 0 fully saturated rings. The number of benzene rings is 2. The van der Waals surface area contributed by atoms with Gasteiger partial charge in [0.15, 0.2) is 0 Å². The fraction of sp³-hybridized carbons (Fsp3) is 0.167. The number of anilines is 1. The second kappa shape index (κ2) is 6.84. The summed E-state index contributed by atoms with van der Waals surface area (Å²) in [6, 6.07) is 13.1. The second-order valence-corrected chi connectivity index (χ2v) is 5.64. The number of rotatable bonds is 5. The maximum atomic E-state index is 12.4. The highest BCUT2D eigenvalue weighted by molar-refractivity contribution is 6.32. The molecule has 0 unspecified atom stereocenters. The summed E-state index contributed by atoms with van der Waals surface area (Å²) >= 11 is 6.13. The van der Waals surface area contributed by atoms with E-state index in [2.05, 4.69) is 5.32 Å². The van der Waals surface area contributed by atoms with E-state index in [0.717, 1.165) is 10.9 Å². The Morgan fingerprint density at radius 1 is 1.12 bits per heavy atom. The first-order chi connectivity index (χ1) is 11.6. The number of carbonyl (C=O) groups is 1. The first-order valence-corrected chi connectivity index (χ1v) is 7.75. The number of methoxy groups -OCH3 is 2. The van der Waals surface area contributed by atoms with Crippen molar-refractivity contribution in [2.75, 3.05) is 19.5 Å². The minimum atomic E-state index is -0.170. The predicted molar refractivity (Wildman–Crippen MR) is 95.1 cm³/mol. The van der Waals surface area contributed by atoms with E-state index in [1.54, 1.807) is 12.1 Å². The molecule has 1 aromatic heterocycles. The fourth-order valence-corrected chi connectivity index (χ4v) is 2.82. The normalized spacial score (nSPS) is 10.6. The zero-order chi connectivity index (χ0) is 17.1. The number of halogens is 1. The van der Waals surface area contributed by atoms with Gasteiger partial charge in [-0.25, -0.2) is 0 Å². The van der Waals surface area contributed by atoms with Gasteiger partial charge in [-0.3, -0.25) is 4.79 Å². The maximum absolute atomic E-state index is 12.4. The fourth-order valence-electron chi connectivity index (χ4n) is 2.58. The van der Waals surface area contributed by atoms with Crippen molar-refractivity contribution in [2.45, 2.75) is 6.54 Å². The van der Waals surface area contributed by atoms with Crippen molar-refractivity contribution in [3.05, 3.63) is 53.7 Å². The number of carbonyl (C=O) groups excluding carboxylic acids is 1. The SMILES string of the molecule is COc1cc(OC)c(NC(=O)Cn2ccc3ccccc32)cc1Cl. The van der Waals surface area contributed by atoms with Gasteiger partial charge in [0.05, 0.1) is 24.9 Å². The largest absolute Gasteiger partial charge is 0.495 e. The van der Waals surface area contributed by atoms with Crippen LogP contribution in [0.15, 0.2) is 48.7 Å². The maximum Gasteiger partial charge on any atom is 0.244 e. The standard InChI is InChI=1S/C18H17ClN2O3/c1-23-16-10-17(24-2)14(9-13(16)19)20-18(22)11-21-8-7-12-5-3-4-6-15(12)21/h3-10H,11H2,1-2H3,(H,20,22). The minimum Gasteiger partial charge on any atom is -0.495 e. The Labute approximate surface area is 144 Å². The van der Waals surface area contributed by atoms with Crippen molar-refractivity contribution in [3.63, 3.8) is 0 Å². The third kappa shape index (κ3) is 3.16. The second-order valence-electron chi connectivity index (χ2n) is 5.24. The third-order valence-electron chi connectivity index (χ3n) is 3.74. The topological polar surface area (TPSA) is 52.5 Å². The lowest BCUT2D eigenvalue weighted by Gasteiger charge is -2.13. The first-order valence-electron chi connectivity index (χ1n) is 7.37. The highest BCUT2D eigenvalue weighted by atomic mass is 35.5. The summed E-state index contributed by atoms with van der Waals surface area (Å²) in [6.07, 6.45) is 1.89. The Hall–Kier alpha value is -2.66. The quantitative estimate of drug-likeness (QED) is 0.762. The van der Waals surface area contributed by atoms with Crippen LogP contribution in [0.4, 0.5) is 5.69 Å². The van der Waals surface area contributed by atoms with Gasteiger partial charge in [-0.05, 0) is 23.6 Å². The molecule has 0 saturated carbocycles. The lowest BCUT2D eigenvalue weighted by Crippen LogP contribution is -2.18. The van der Waals surface area contributed by atoms with Gasteiger partial charge >= 0.3 is 0 Å². The van der Waals surface area contributed by atoms with Crippen LogP contribution in [0, 0.1) is 0 Å². The van der Waals surface area contributed by atoms with Crippen LogP contribution in [0.5, 0.6) is 11.5 Å². The van der Waals surface area contributed by atoms with Gasteiger partial charge in [0, 0.05) is 17.8 Å². The lowest BCUT2D eigenvalue weighted by molar-refractivity contribution is -0.116. The molecule has 6 heteroatoms. The number of ether oxygens (including phenoxy) is 2. The number of nitrogens with zero attached hydrogens (tertiary/aromatic N) is 1. The van der Waals surface area contributed by atoms with Gasteiger partial charge < -0.3 is 19.4 Å². The summed E-state index contributed by atoms with van der Waals surface area (Å²) in [5.74, 6) is 0.806. The number of amides is 1. The third-order valence-corrected chi connectivity index (χ3v) is 4.04. The summed E-state index contributed by atoms with van der Waals surface area (Å²) in [7, 11) is 3.05. The van der Waals surface area contributed by atoms with Crippen LogP contribution in [0.1, 0.15) is 0 Å². The molecule has 1 N–H and O–H groups in total. The summed E-state index contributed by atoms with van der Waals surface area (Å²) in [5, 5.41) is 4.33. The van der Waals surface area contributed by atoms with Crippen molar-refractivity contribution in [2.24, 2.45) is 0 Å². The van der Waals surface area contributed by atoms with Crippen LogP contribution < -0.4 is 14.8 Å². The molecule has 0 aliphatic heterocycles. The Kier molecular flexibility index (Phi) is 4.62. The Balaban J connectivity index is 1.81. The van der Waals surface area contributed by atoms with E-state index in [1.165, 1.54) is 14.2 Å². The van der Waals surface area contributed by atoms with E-state index < -0.39 is 0 Å². The van der Waals surface area contributed by atoms with Crippen molar-refractivity contribution in [3.8, 4) is 11.5 Å². The Morgan fingerprint density at radius 3 is 2.62 bits per heavy atom. The molecule has 0 radical (unpaired) electrons. The average molecular weight is 345 g/mol. The highest BCUT2D eigenvalue weighted by Gasteiger charge is 2.13. The molecule has 0 saturated heterocycles. The average Bonchev–Trinajstić information content (AvgIpc) is 2.98. The summed E-state index contributed by atoms with van der Waals surface area (Å²) in [4.78, 5) is 12.4. The molecule has 1 heterocycles. The van der Waals surface area contributed by atoms with E-state index in [1.807, 2.05) is 41.1 Å². The molecule has 0 atom stereocenters. The molecular formula is C18H17ClN2O3. The molecule has 0 aliphatic carbocycles. The molecule has 0 spiro atoms. The number of hydrogen-bond acceptors (Lipinski definition) is 3. The van der Waals surface area contributed by atoms with E-state index in [0.29, 0.717) is 22.2 Å². The molecule has 1 amide bonds. The van der Waals surface area contributed by atoms with Crippen molar-refractivity contribution in [1.29, 1.82) is 0 Å². The number of hydrogen-bond donors (Lipinski definition) is 1. The number of para-hydroxylation sites is 1. The van der Waals surface area contributed by atoms with Crippen molar-refractivity contribution < 1.29 is 14.3 Å². The van der Waals surface area contributed by atoms with Crippen LogP contribution in [-0.2, 0) is 11.3 Å². The summed E-state index contributed by atoms with van der Waals surface area (Å²) in [6.45, 7) is 0.195. The predicted octanol–water partition coefficient (Wildman–Crippen LogP) is 3.95. The highest BCUT2D eigenvalue weighted by Crippen LogP contribution is 2.35. The molecule has 3 aromatic rings. The van der Waals surface area contributed by atoms with Gasteiger partial charge in [0.1, 0.15) is 18.0 Å². The lowest BCUT2D eigenvalue weighted by atomic mass is 10.2. The van der Waals surface area contributed by atoms with Gasteiger partial charge in [-0.15, -0.1) is 0 Å². The Morgan fingerprint density at radius 2 is 1.88 bits per heavy atom. The van der Waals surface area contributed by atoms with E-state index in [-0.39, 0.29) is 12.5 Å². The smallest absolute Gasteiger partial charge is 0.244 e. The van der Waals surface area contributed by atoms with Crippen LogP contribution in [0.2, 0.25) is 5.02 Å².